The topological polar surface area (TPSA) is 39.1 Å². The van der Waals surface area contributed by atoms with Crippen molar-refractivity contribution in [3.8, 4) is 0 Å². The summed E-state index contributed by atoms with van der Waals surface area (Å²) in [7, 11) is 3.78. The van der Waals surface area contributed by atoms with E-state index in [2.05, 4.69) is 38.1 Å². The Labute approximate surface area is 117 Å². The zero-order valence-electron chi connectivity index (χ0n) is 13.3. The first-order valence-electron chi connectivity index (χ1n) is 7.18. The van der Waals surface area contributed by atoms with E-state index < -0.39 is 0 Å². The fourth-order valence-electron chi connectivity index (χ4n) is 2.14. The number of hydrogen-bond donors (Lipinski definition) is 1. The lowest BCUT2D eigenvalue weighted by Crippen LogP contribution is -2.28. The highest BCUT2D eigenvalue weighted by Crippen LogP contribution is 2.26. The fourth-order valence-corrected chi connectivity index (χ4v) is 2.14. The zero-order chi connectivity index (χ0) is 14.5. The van der Waals surface area contributed by atoms with Gasteiger partial charge in [0.25, 0.3) is 0 Å². The minimum Gasteiger partial charge on any atom is -0.379 e. The number of hydrogen-bond acceptors (Lipinski definition) is 3. The molecule has 0 amide bonds. The van der Waals surface area contributed by atoms with E-state index in [1.165, 1.54) is 11.3 Å². The SMILES string of the molecule is CCCNC(CCC(C)(C)OC)c1cnn(C)c1C. The summed E-state index contributed by atoms with van der Waals surface area (Å²) in [5, 5.41) is 7.98. The van der Waals surface area contributed by atoms with Crippen molar-refractivity contribution in [2.45, 2.75) is 58.6 Å². The van der Waals surface area contributed by atoms with E-state index in [0.29, 0.717) is 6.04 Å². The fraction of sp³-hybridized carbons (Fsp3) is 0.800. The average molecular weight is 267 g/mol. The summed E-state index contributed by atoms with van der Waals surface area (Å²) < 4.78 is 7.46. The number of nitrogens with one attached hydrogen (secondary N) is 1. The van der Waals surface area contributed by atoms with E-state index >= 15 is 0 Å². The van der Waals surface area contributed by atoms with Gasteiger partial charge in [0.2, 0.25) is 0 Å². The summed E-state index contributed by atoms with van der Waals surface area (Å²) in [6, 6.07) is 0.364. The molecule has 1 N–H and O–H groups in total. The van der Waals surface area contributed by atoms with Crippen LogP contribution in [0.1, 0.15) is 57.3 Å². The quantitative estimate of drug-likeness (QED) is 0.787. The third kappa shape index (κ3) is 4.62. The van der Waals surface area contributed by atoms with Gasteiger partial charge in [-0.25, -0.2) is 0 Å². The molecule has 0 aliphatic carbocycles. The summed E-state index contributed by atoms with van der Waals surface area (Å²) >= 11 is 0. The number of aromatic nitrogens is 2. The molecule has 0 aliphatic rings. The highest BCUT2D eigenvalue weighted by molar-refractivity contribution is 5.20. The number of rotatable bonds is 8. The van der Waals surface area contributed by atoms with Gasteiger partial charge in [0.05, 0.1) is 11.8 Å². The molecule has 0 radical (unpaired) electrons. The average Bonchev–Trinajstić information content (AvgIpc) is 2.71. The minimum absolute atomic E-state index is 0.0672. The highest BCUT2D eigenvalue weighted by atomic mass is 16.5. The molecule has 0 fully saturated rings. The largest absolute Gasteiger partial charge is 0.379 e. The second-order valence-electron chi connectivity index (χ2n) is 5.82. The Kier molecular flexibility index (Phi) is 6.01. The lowest BCUT2D eigenvalue weighted by Gasteiger charge is -2.26. The van der Waals surface area contributed by atoms with Crippen LogP contribution in [0.25, 0.3) is 0 Å². The van der Waals surface area contributed by atoms with Crippen LogP contribution in [-0.2, 0) is 11.8 Å². The molecule has 1 atom stereocenters. The maximum absolute atomic E-state index is 5.52. The van der Waals surface area contributed by atoms with Gasteiger partial charge >= 0.3 is 0 Å². The summed E-state index contributed by atoms with van der Waals surface area (Å²) in [6.07, 6.45) is 5.22. The molecule has 19 heavy (non-hydrogen) atoms. The Hall–Kier alpha value is -0.870. The summed E-state index contributed by atoms with van der Waals surface area (Å²) in [5.41, 5.74) is 2.48. The molecule has 1 rings (SSSR count). The van der Waals surface area contributed by atoms with Crippen LogP contribution in [0.2, 0.25) is 0 Å². The lowest BCUT2D eigenvalue weighted by atomic mass is 9.95. The first-order chi connectivity index (χ1) is 8.91. The van der Waals surface area contributed by atoms with Crippen LogP contribution in [-0.4, -0.2) is 29.0 Å². The van der Waals surface area contributed by atoms with Crippen molar-refractivity contribution < 1.29 is 4.74 Å². The van der Waals surface area contributed by atoms with Crippen molar-refractivity contribution in [3.63, 3.8) is 0 Å². The molecule has 1 aromatic rings. The molecular weight excluding hydrogens is 238 g/mol. The van der Waals surface area contributed by atoms with Crippen LogP contribution >= 0.6 is 0 Å². The zero-order valence-corrected chi connectivity index (χ0v) is 13.3. The van der Waals surface area contributed by atoms with Crippen LogP contribution in [0.5, 0.6) is 0 Å². The van der Waals surface area contributed by atoms with Gasteiger partial charge in [-0.3, -0.25) is 4.68 Å². The predicted octanol–water partition coefficient (Wildman–Crippen LogP) is 2.97. The molecule has 0 aliphatic heterocycles. The van der Waals surface area contributed by atoms with Gasteiger partial charge in [0.15, 0.2) is 0 Å². The Morgan fingerprint density at radius 3 is 2.63 bits per heavy atom. The molecule has 1 aromatic heterocycles. The Bertz CT molecular complexity index is 385. The maximum atomic E-state index is 5.52. The van der Waals surface area contributed by atoms with Crippen LogP contribution < -0.4 is 5.32 Å². The molecule has 110 valence electrons. The van der Waals surface area contributed by atoms with Gasteiger partial charge in [-0.1, -0.05) is 6.92 Å². The van der Waals surface area contributed by atoms with E-state index in [0.717, 1.165) is 25.8 Å². The molecule has 1 unspecified atom stereocenters. The highest BCUT2D eigenvalue weighted by Gasteiger charge is 2.22. The van der Waals surface area contributed by atoms with E-state index in [1.807, 2.05) is 17.9 Å². The van der Waals surface area contributed by atoms with Crippen molar-refractivity contribution in [1.29, 1.82) is 0 Å². The predicted molar refractivity (Wildman–Crippen MR) is 79.3 cm³/mol. The third-order valence-corrected chi connectivity index (χ3v) is 3.88. The number of aryl methyl sites for hydroxylation is 1. The Morgan fingerprint density at radius 2 is 2.16 bits per heavy atom. The van der Waals surface area contributed by atoms with Crippen LogP contribution in [0.3, 0.4) is 0 Å². The van der Waals surface area contributed by atoms with Crippen molar-refractivity contribution in [2.24, 2.45) is 7.05 Å². The third-order valence-electron chi connectivity index (χ3n) is 3.88. The van der Waals surface area contributed by atoms with Gasteiger partial charge in [-0.2, -0.15) is 5.10 Å². The number of methoxy groups -OCH3 is 1. The normalized spacial score (nSPS) is 13.8. The summed E-state index contributed by atoms with van der Waals surface area (Å²) in [6.45, 7) is 9.63. The first-order valence-corrected chi connectivity index (χ1v) is 7.18. The summed E-state index contributed by atoms with van der Waals surface area (Å²) in [5.74, 6) is 0. The molecule has 0 saturated carbocycles. The second-order valence-corrected chi connectivity index (χ2v) is 5.82. The molecular formula is C15H29N3O. The lowest BCUT2D eigenvalue weighted by molar-refractivity contribution is 0.0116. The van der Waals surface area contributed by atoms with Crippen molar-refractivity contribution in [2.75, 3.05) is 13.7 Å². The standard InChI is InChI=1S/C15H29N3O/c1-7-10-16-14(8-9-15(3,4)19-6)13-11-17-18(5)12(13)2/h11,14,16H,7-10H2,1-6H3. The van der Waals surface area contributed by atoms with Crippen molar-refractivity contribution in [1.82, 2.24) is 15.1 Å². The van der Waals surface area contributed by atoms with E-state index in [9.17, 15) is 0 Å². The number of nitrogens with zero attached hydrogens (tertiary/aromatic N) is 2. The monoisotopic (exact) mass is 267 g/mol. The van der Waals surface area contributed by atoms with E-state index in [-0.39, 0.29) is 5.60 Å². The Balaban J connectivity index is 2.75. The first kappa shape index (κ1) is 16.2. The van der Waals surface area contributed by atoms with Gasteiger partial charge in [-0.15, -0.1) is 0 Å². The van der Waals surface area contributed by atoms with Crippen LogP contribution in [0, 0.1) is 6.92 Å². The smallest absolute Gasteiger partial charge is 0.0623 e. The molecule has 4 nitrogen and oxygen atoms in total. The van der Waals surface area contributed by atoms with Gasteiger partial charge in [-0.05, 0) is 46.6 Å². The van der Waals surface area contributed by atoms with E-state index in [4.69, 9.17) is 4.74 Å². The Morgan fingerprint density at radius 1 is 1.47 bits per heavy atom. The number of ether oxygens (including phenoxy) is 1. The molecule has 0 saturated heterocycles. The minimum atomic E-state index is -0.0672. The molecule has 4 heteroatoms. The van der Waals surface area contributed by atoms with Crippen molar-refractivity contribution in [3.05, 3.63) is 17.5 Å². The summed E-state index contributed by atoms with van der Waals surface area (Å²) in [4.78, 5) is 0. The van der Waals surface area contributed by atoms with Gasteiger partial charge < -0.3 is 10.1 Å². The molecule has 0 spiro atoms. The molecule has 0 aromatic carbocycles. The van der Waals surface area contributed by atoms with Crippen LogP contribution in [0.15, 0.2) is 6.20 Å². The maximum Gasteiger partial charge on any atom is 0.0623 e. The van der Waals surface area contributed by atoms with Gasteiger partial charge in [0, 0.05) is 31.5 Å². The van der Waals surface area contributed by atoms with E-state index in [1.54, 1.807) is 7.11 Å². The molecule has 1 heterocycles. The second kappa shape index (κ2) is 7.06. The van der Waals surface area contributed by atoms with Crippen LogP contribution in [0.4, 0.5) is 0 Å². The van der Waals surface area contributed by atoms with Gasteiger partial charge in [0.1, 0.15) is 0 Å². The van der Waals surface area contributed by atoms with Crippen molar-refractivity contribution >= 4 is 0 Å². The molecule has 0 bridgehead atoms.